The third kappa shape index (κ3) is 9.78. The highest BCUT2D eigenvalue weighted by molar-refractivity contribution is 5.05. The van der Waals surface area contributed by atoms with E-state index >= 15 is 0 Å². The molecule has 1 rings (SSSR count). The van der Waals surface area contributed by atoms with Gasteiger partial charge in [0.2, 0.25) is 0 Å². The second-order valence-electron chi connectivity index (χ2n) is 7.18. The van der Waals surface area contributed by atoms with Crippen molar-refractivity contribution in [1.82, 2.24) is 0 Å². The Hall–Kier alpha value is -0.860. The van der Waals surface area contributed by atoms with Gasteiger partial charge in [-0.05, 0) is 73.1 Å². The standard InChI is InChI=1S/C21H36O2/c1-18(2)10-6-11-19(3)12-7-13-20(4)14-8-15-21(5)22-16-9-17-23-21/h10,12,14H,6-9,11,13,15-17H2,1-5H3/b19-12+,20-14-. The van der Waals surface area contributed by atoms with Gasteiger partial charge in [0.15, 0.2) is 5.79 Å². The van der Waals surface area contributed by atoms with E-state index in [1.54, 1.807) is 0 Å². The maximum Gasteiger partial charge on any atom is 0.165 e. The van der Waals surface area contributed by atoms with Crippen LogP contribution in [0, 0.1) is 0 Å². The number of hydrogen-bond acceptors (Lipinski definition) is 2. The molecular formula is C21H36O2. The molecule has 1 heterocycles. The van der Waals surface area contributed by atoms with Crippen molar-refractivity contribution < 1.29 is 9.47 Å². The van der Waals surface area contributed by atoms with Crippen LogP contribution in [0.25, 0.3) is 0 Å². The molecule has 0 unspecified atom stereocenters. The van der Waals surface area contributed by atoms with E-state index in [1.807, 2.05) is 0 Å². The van der Waals surface area contributed by atoms with Crippen molar-refractivity contribution in [3.05, 3.63) is 34.9 Å². The first-order valence-corrected chi connectivity index (χ1v) is 9.14. The molecule has 0 aromatic heterocycles. The first-order chi connectivity index (χ1) is 10.9. The maximum absolute atomic E-state index is 5.75. The summed E-state index contributed by atoms with van der Waals surface area (Å²) < 4.78 is 11.5. The Balaban J connectivity index is 2.21. The molecule has 2 nitrogen and oxygen atoms in total. The van der Waals surface area contributed by atoms with Crippen LogP contribution < -0.4 is 0 Å². The largest absolute Gasteiger partial charge is 0.350 e. The van der Waals surface area contributed by atoms with Crippen LogP contribution >= 0.6 is 0 Å². The highest BCUT2D eigenvalue weighted by atomic mass is 16.7. The lowest BCUT2D eigenvalue weighted by Gasteiger charge is -2.33. The highest BCUT2D eigenvalue weighted by Crippen LogP contribution is 2.24. The van der Waals surface area contributed by atoms with Crippen LogP contribution in [0.4, 0.5) is 0 Å². The molecule has 1 aliphatic heterocycles. The van der Waals surface area contributed by atoms with Gasteiger partial charge in [0, 0.05) is 6.42 Å². The summed E-state index contributed by atoms with van der Waals surface area (Å²) in [6.45, 7) is 12.5. The molecule has 0 N–H and O–H groups in total. The van der Waals surface area contributed by atoms with Crippen LogP contribution in [-0.2, 0) is 9.47 Å². The zero-order chi connectivity index (χ0) is 17.1. The normalized spacial score (nSPS) is 18.8. The van der Waals surface area contributed by atoms with Crippen LogP contribution in [0.5, 0.6) is 0 Å². The lowest BCUT2D eigenvalue weighted by atomic mass is 10.0. The molecule has 1 aliphatic rings. The van der Waals surface area contributed by atoms with E-state index in [1.165, 1.54) is 23.1 Å². The van der Waals surface area contributed by atoms with Gasteiger partial charge >= 0.3 is 0 Å². The van der Waals surface area contributed by atoms with E-state index < -0.39 is 0 Å². The first kappa shape index (κ1) is 20.2. The van der Waals surface area contributed by atoms with Crippen molar-refractivity contribution in [2.45, 2.75) is 85.4 Å². The molecule has 1 saturated heterocycles. The third-order valence-corrected chi connectivity index (χ3v) is 4.32. The lowest BCUT2D eigenvalue weighted by Crippen LogP contribution is -2.37. The van der Waals surface area contributed by atoms with Crippen LogP contribution in [0.15, 0.2) is 34.9 Å². The van der Waals surface area contributed by atoms with Gasteiger partial charge in [-0.1, -0.05) is 34.9 Å². The van der Waals surface area contributed by atoms with Crippen molar-refractivity contribution in [3.8, 4) is 0 Å². The minimum absolute atomic E-state index is 0.365. The lowest BCUT2D eigenvalue weighted by molar-refractivity contribution is -0.258. The minimum Gasteiger partial charge on any atom is -0.350 e. The molecule has 0 aromatic rings. The second kappa shape index (κ2) is 10.8. The van der Waals surface area contributed by atoms with E-state index in [0.717, 1.165) is 51.7 Å². The van der Waals surface area contributed by atoms with Crippen molar-refractivity contribution in [2.75, 3.05) is 13.2 Å². The van der Waals surface area contributed by atoms with Gasteiger partial charge in [0.25, 0.3) is 0 Å². The van der Waals surface area contributed by atoms with E-state index in [2.05, 4.69) is 52.8 Å². The topological polar surface area (TPSA) is 18.5 Å². The molecule has 1 fully saturated rings. The third-order valence-electron chi connectivity index (χ3n) is 4.32. The molecular weight excluding hydrogens is 284 g/mol. The Bertz CT molecular complexity index is 419. The summed E-state index contributed by atoms with van der Waals surface area (Å²) in [5.41, 5.74) is 4.39. The van der Waals surface area contributed by atoms with Crippen molar-refractivity contribution in [1.29, 1.82) is 0 Å². The first-order valence-electron chi connectivity index (χ1n) is 9.14. The van der Waals surface area contributed by atoms with Crippen LogP contribution in [0.1, 0.15) is 79.6 Å². The van der Waals surface area contributed by atoms with E-state index in [-0.39, 0.29) is 5.79 Å². The predicted molar refractivity (Wildman–Crippen MR) is 99.6 cm³/mol. The molecule has 132 valence electrons. The summed E-state index contributed by atoms with van der Waals surface area (Å²) in [6, 6.07) is 0. The zero-order valence-electron chi connectivity index (χ0n) is 15.9. The molecule has 0 saturated carbocycles. The van der Waals surface area contributed by atoms with Crippen molar-refractivity contribution in [3.63, 3.8) is 0 Å². The molecule has 0 radical (unpaired) electrons. The average Bonchev–Trinajstić information content (AvgIpc) is 2.47. The highest BCUT2D eigenvalue weighted by Gasteiger charge is 2.27. The van der Waals surface area contributed by atoms with Crippen LogP contribution in [0.3, 0.4) is 0 Å². The van der Waals surface area contributed by atoms with Gasteiger partial charge in [-0.15, -0.1) is 0 Å². The Morgan fingerprint density at radius 2 is 1.35 bits per heavy atom. The Morgan fingerprint density at radius 1 is 0.826 bits per heavy atom. The van der Waals surface area contributed by atoms with Crippen molar-refractivity contribution in [2.24, 2.45) is 0 Å². The Kier molecular flexibility index (Phi) is 9.50. The Labute approximate surface area is 143 Å². The van der Waals surface area contributed by atoms with Gasteiger partial charge < -0.3 is 9.47 Å². The Morgan fingerprint density at radius 3 is 1.91 bits per heavy atom. The minimum atomic E-state index is -0.365. The van der Waals surface area contributed by atoms with E-state index in [0.29, 0.717) is 0 Å². The summed E-state index contributed by atoms with van der Waals surface area (Å²) in [4.78, 5) is 0. The fourth-order valence-electron chi connectivity index (χ4n) is 2.74. The van der Waals surface area contributed by atoms with Crippen LogP contribution in [0.2, 0.25) is 0 Å². The molecule has 0 aromatic carbocycles. The number of ether oxygens (including phenoxy) is 2. The quantitative estimate of drug-likeness (QED) is 0.461. The van der Waals surface area contributed by atoms with E-state index in [9.17, 15) is 0 Å². The smallest absolute Gasteiger partial charge is 0.165 e. The summed E-state index contributed by atoms with van der Waals surface area (Å²) in [7, 11) is 0. The number of allylic oxidation sites excluding steroid dienone is 6. The van der Waals surface area contributed by atoms with Crippen molar-refractivity contribution >= 4 is 0 Å². The molecule has 0 amide bonds. The SMILES string of the molecule is CC(C)=CCC/C(C)=C/CC/C(C)=C\CCC1(C)OCCCO1. The summed E-state index contributed by atoms with van der Waals surface area (Å²) in [6.07, 6.45) is 14.7. The predicted octanol–water partition coefficient (Wildman–Crippen LogP) is 6.34. The molecule has 0 atom stereocenters. The van der Waals surface area contributed by atoms with Gasteiger partial charge in [-0.3, -0.25) is 0 Å². The van der Waals surface area contributed by atoms with Gasteiger partial charge in [-0.2, -0.15) is 0 Å². The molecule has 2 heteroatoms. The number of hydrogen-bond donors (Lipinski definition) is 0. The second-order valence-corrected chi connectivity index (χ2v) is 7.18. The number of rotatable bonds is 9. The summed E-state index contributed by atoms with van der Waals surface area (Å²) in [5.74, 6) is -0.365. The fourth-order valence-corrected chi connectivity index (χ4v) is 2.74. The maximum atomic E-state index is 5.75. The molecule has 0 aliphatic carbocycles. The molecule has 0 spiro atoms. The molecule has 0 bridgehead atoms. The molecule has 23 heavy (non-hydrogen) atoms. The van der Waals surface area contributed by atoms with Crippen LogP contribution in [-0.4, -0.2) is 19.0 Å². The van der Waals surface area contributed by atoms with Gasteiger partial charge in [0.05, 0.1) is 13.2 Å². The fraction of sp³-hybridized carbons (Fsp3) is 0.714. The summed E-state index contributed by atoms with van der Waals surface area (Å²) >= 11 is 0. The van der Waals surface area contributed by atoms with Gasteiger partial charge in [0.1, 0.15) is 0 Å². The van der Waals surface area contributed by atoms with Gasteiger partial charge in [-0.25, -0.2) is 0 Å². The van der Waals surface area contributed by atoms with E-state index in [4.69, 9.17) is 9.47 Å². The monoisotopic (exact) mass is 320 g/mol. The zero-order valence-corrected chi connectivity index (χ0v) is 15.9. The summed E-state index contributed by atoms with van der Waals surface area (Å²) in [5, 5.41) is 0. The average molecular weight is 321 g/mol.